The second-order valence-corrected chi connectivity index (χ2v) is 1.72. The summed E-state index contributed by atoms with van der Waals surface area (Å²) in [7, 11) is 1.14. The van der Waals surface area contributed by atoms with Gasteiger partial charge in [-0.25, -0.2) is 0 Å². The molecule has 5 nitrogen and oxygen atoms in total. The molecule has 0 aliphatic rings. The summed E-state index contributed by atoms with van der Waals surface area (Å²) in [5, 5.41) is 0. The van der Waals surface area contributed by atoms with Crippen LogP contribution in [0.1, 0.15) is 13.3 Å². The van der Waals surface area contributed by atoms with Crippen LogP contribution < -0.4 is 0 Å². The van der Waals surface area contributed by atoms with Crippen molar-refractivity contribution in [2.45, 2.75) is 13.3 Å². The van der Waals surface area contributed by atoms with Crippen LogP contribution >= 0.6 is 0 Å². The molecule has 0 radical (unpaired) electrons. The van der Waals surface area contributed by atoms with Crippen molar-refractivity contribution in [1.29, 1.82) is 0 Å². The van der Waals surface area contributed by atoms with Crippen LogP contribution in [0.2, 0.25) is 0 Å². The number of rotatable bonds is 2. The van der Waals surface area contributed by atoms with Gasteiger partial charge in [0.05, 0.1) is 7.11 Å². The highest BCUT2D eigenvalue weighted by molar-refractivity contribution is 5.95. The Hall–Kier alpha value is -1.39. The Morgan fingerprint density at radius 1 is 1.18 bits per heavy atom. The third kappa shape index (κ3) is 5.07. The number of carbonyl (C=O) groups is 3. The van der Waals surface area contributed by atoms with Crippen molar-refractivity contribution in [1.82, 2.24) is 0 Å². The summed E-state index contributed by atoms with van der Waals surface area (Å²) < 4.78 is 8.20. The van der Waals surface area contributed by atoms with Crippen LogP contribution in [0.25, 0.3) is 0 Å². The van der Waals surface area contributed by atoms with Crippen LogP contribution in [-0.2, 0) is 23.9 Å². The molecule has 0 saturated carbocycles. The lowest BCUT2D eigenvalue weighted by Gasteiger charge is -1.97. The van der Waals surface area contributed by atoms with Crippen LogP contribution in [0.3, 0.4) is 0 Å². The summed E-state index contributed by atoms with van der Waals surface area (Å²) in [6, 6.07) is 0. The second kappa shape index (κ2) is 4.43. The fourth-order valence-corrected chi connectivity index (χ4v) is 0.386. The molecule has 0 heterocycles. The van der Waals surface area contributed by atoms with E-state index in [9.17, 15) is 14.4 Å². The van der Waals surface area contributed by atoms with E-state index in [-0.39, 0.29) is 0 Å². The maximum atomic E-state index is 10.5. The maximum absolute atomic E-state index is 10.5. The van der Waals surface area contributed by atoms with Crippen molar-refractivity contribution in [3.63, 3.8) is 0 Å². The summed E-state index contributed by atoms with van der Waals surface area (Å²) >= 11 is 0. The number of hydrogen-bond donors (Lipinski definition) is 0. The van der Waals surface area contributed by atoms with Gasteiger partial charge in [-0.2, -0.15) is 0 Å². The number of methoxy groups -OCH3 is 1. The van der Waals surface area contributed by atoms with Gasteiger partial charge >= 0.3 is 17.9 Å². The Balaban J connectivity index is 3.70. The number of ether oxygens (including phenoxy) is 2. The van der Waals surface area contributed by atoms with E-state index < -0.39 is 24.3 Å². The van der Waals surface area contributed by atoms with Crippen molar-refractivity contribution >= 4 is 17.9 Å². The molecule has 62 valence electrons. The zero-order valence-electron chi connectivity index (χ0n) is 6.25. The average molecular weight is 160 g/mol. The Kier molecular flexibility index (Phi) is 3.87. The molecule has 0 aromatic heterocycles. The first kappa shape index (κ1) is 9.61. The van der Waals surface area contributed by atoms with E-state index >= 15 is 0 Å². The van der Waals surface area contributed by atoms with E-state index in [1.54, 1.807) is 0 Å². The third-order valence-corrected chi connectivity index (χ3v) is 0.774. The summed E-state index contributed by atoms with van der Waals surface area (Å²) in [5.41, 5.74) is 0. The van der Waals surface area contributed by atoms with Crippen molar-refractivity contribution in [3.05, 3.63) is 0 Å². The van der Waals surface area contributed by atoms with Crippen LogP contribution in [0, 0.1) is 0 Å². The fraction of sp³-hybridized carbons (Fsp3) is 0.500. The first-order chi connectivity index (χ1) is 5.06. The first-order valence-electron chi connectivity index (χ1n) is 2.84. The maximum Gasteiger partial charge on any atom is 0.324 e. The van der Waals surface area contributed by atoms with Gasteiger partial charge in [0, 0.05) is 6.92 Å². The Bertz CT molecular complexity index is 183. The van der Waals surface area contributed by atoms with E-state index in [0.29, 0.717) is 0 Å². The molecule has 11 heavy (non-hydrogen) atoms. The lowest BCUT2D eigenvalue weighted by atomic mass is 10.4. The molecule has 5 heteroatoms. The fourth-order valence-electron chi connectivity index (χ4n) is 0.386. The van der Waals surface area contributed by atoms with Crippen LogP contribution in [0.15, 0.2) is 0 Å². The molecule has 0 unspecified atom stereocenters. The summed E-state index contributed by atoms with van der Waals surface area (Å²) in [5.74, 6) is -2.36. The van der Waals surface area contributed by atoms with E-state index in [4.69, 9.17) is 0 Å². The molecule has 0 amide bonds. The van der Waals surface area contributed by atoms with Gasteiger partial charge in [0.2, 0.25) is 0 Å². The molecular weight excluding hydrogens is 152 g/mol. The van der Waals surface area contributed by atoms with Gasteiger partial charge in [0.15, 0.2) is 0 Å². The van der Waals surface area contributed by atoms with Gasteiger partial charge < -0.3 is 9.47 Å². The minimum Gasteiger partial charge on any atom is -0.469 e. The molecular formula is C6H8O5. The molecule has 0 fully saturated rings. The lowest BCUT2D eigenvalue weighted by molar-refractivity contribution is -0.161. The zero-order valence-corrected chi connectivity index (χ0v) is 6.25. The summed E-state index contributed by atoms with van der Waals surface area (Å²) in [6.07, 6.45) is -0.532. The highest BCUT2D eigenvalue weighted by atomic mass is 16.6. The number of esters is 3. The summed E-state index contributed by atoms with van der Waals surface area (Å²) in [4.78, 5) is 31.0. The van der Waals surface area contributed by atoms with Gasteiger partial charge in [-0.15, -0.1) is 0 Å². The quantitative estimate of drug-likeness (QED) is 0.407. The van der Waals surface area contributed by atoms with Gasteiger partial charge in [0.25, 0.3) is 0 Å². The largest absolute Gasteiger partial charge is 0.469 e. The normalized spacial score (nSPS) is 8.55. The van der Waals surface area contributed by atoms with Crippen LogP contribution in [-0.4, -0.2) is 25.0 Å². The molecule has 0 N–H and O–H groups in total. The molecule has 0 aromatic carbocycles. The predicted molar refractivity (Wildman–Crippen MR) is 33.4 cm³/mol. The summed E-state index contributed by atoms with van der Waals surface area (Å²) in [6.45, 7) is 1.08. The SMILES string of the molecule is COC(=O)CC(=O)OC(C)=O. The molecule has 0 saturated heterocycles. The van der Waals surface area contributed by atoms with Crippen LogP contribution in [0.5, 0.6) is 0 Å². The van der Waals surface area contributed by atoms with Gasteiger partial charge in [-0.05, 0) is 0 Å². The van der Waals surface area contributed by atoms with Gasteiger partial charge in [0.1, 0.15) is 6.42 Å². The highest BCUT2D eigenvalue weighted by Gasteiger charge is 2.11. The Morgan fingerprint density at radius 3 is 2.09 bits per heavy atom. The Labute approximate surface area is 63.3 Å². The number of carbonyl (C=O) groups excluding carboxylic acids is 3. The van der Waals surface area contributed by atoms with E-state index in [2.05, 4.69) is 9.47 Å². The molecule has 0 spiro atoms. The number of hydrogen-bond acceptors (Lipinski definition) is 5. The van der Waals surface area contributed by atoms with E-state index in [0.717, 1.165) is 14.0 Å². The molecule has 0 rings (SSSR count). The Morgan fingerprint density at radius 2 is 1.73 bits per heavy atom. The van der Waals surface area contributed by atoms with Crippen molar-refractivity contribution in [3.8, 4) is 0 Å². The molecule has 0 bridgehead atoms. The van der Waals surface area contributed by atoms with Gasteiger partial charge in [-0.1, -0.05) is 0 Å². The highest BCUT2D eigenvalue weighted by Crippen LogP contribution is 1.89. The third-order valence-electron chi connectivity index (χ3n) is 0.774. The predicted octanol–water partition coefficient (Wildman–Crippen LogP) is -0.361. The molecule has 0 aromatic rings. The van der Waals surface area contributed by atoms with Crippen molar-refractivity contribution < 1.29 is 23.9 Å². The van der Waals surface area contributed by atoms with E-state index in [1.807, 2.05) is 0 Å². The lowest BCUT2D eigenvalue weighted by Crippen LogP contribution is -2.14. The standard InChI is InChI=1S/C6H8O5/c1-4(7)11-6(9)3-5(8)10-2/h3H2,1-2H3. The van der Waals surface area contributed by atoms with Crippen molar-refractivity contribution in [2.24, 2.45) is 0 Å². The smallest absolute Gasteiger partial charge is 0.324 e. The van der Waals surface area contributed by atoms with Gasteiger partial charge in [-0.3, -0.25) is 14.4 Å². The topological polar surface area (TPSA) is 69.7 Å². The minimum atomic E-state index is -0.899. The molecule has 0 atom stereocenters. The second-order valence-electron chi connectivity index (χ2n) is 1.72. The minimum absolute atomic E-state index is 0.532. The van der Waals surface area contributed by atoms with Crippen LogP contribution in [0.4, 0.5) is 0 Å². The zero-order chi connectivity index (χ0) is 8.85. The average Bonchev–Trinajstić information content (AvgIpc) is 1.85. The van der Waals surface area contributed by atoms with E-state index in [1.165, 1.54) is 0 Å². The van der Waals surface area contributed by atoms with Crippen molar-refractivity contribution in [2.75, 3.05) is 7.11 Å². The molecule has 0 aliphatic carbocycles. The molecule has 0 aliphatic heterocycles. The first-order valence-corrected chi connectivity index (χ1v) is 2.84. The monoisotopic (exact) mass is 160 g/mol.